The summed E-state index contributed by atoms with van der Waals surface area (Å²) >= 11 is 0. The van der Waals surface area contributed by atoms with Gasteiger partial charge in [0, 0.05) is 68.4 Å². The molecule has 0 bridgehead atoms. The molecule has 5 nitrogen and oxygen atoms in total. The van der Waals surface area contributed by atoms with Gasteiger partial charge in [-0.2, -0.15) is 0 Å². The van der Waals surface area contributed by atoms with Crippen molar-refractivity contribution in [2.75, 3.05) is 0 Å². The number of pyridine rings is 3. The summed E-state index contributed by atoms with van der Waals surface area (Å²) in [5, 5.41) is 10.4. The lowest BCUT2D eigenvalue weighted by Crippen LogP contribution is -1.94. The number of hydrogen-bond donors (Lipinski definition) is 0. The van der Waals surface area contributed by atoms with Crippen molar-refractivity contribution in [3.05, 3.63) is 152 Å². The quantitative estimate of drug-likeness (QED) is 0.186. The van der Waals surface area contributed by atoms with Crippen LogP contribution in [0.3, 0.4) is 0 Å². The highest BCUT2D eigenvalue weighted by molar-refractivity contribution is 6.31. The minimum absolute atomic E-state index is 0.659. The Morgan fingerprint density at radius 2 is 0.979 bits per heavy atom. The smallest absolute Gasteiger partial charge is 0.159 e. The molecule has 0 aliphatic rings. The topological polar surface area (TPSA) is 64.5 Å². The summed E-state index contributed by atoms with van der Waals surface area (Å²) in [6.07, 6.45) is 7.42. The van der Waals surface area contributed by atoms with Crippen LogP contribution in [-0.2, 0) is 0 Å². The van der Waals surface area contributed by atoms with Crippen LogP contribution < -0.4 is 0 Å². The highest BCUT2D eigenvalue weighted by atomic mass is 14.9. The number of benzene rings is 6. The van der Waals surface area contributed by atoms with E-state index in [0.717, 1.165) is 66.0 Å². The molecule has 5 heteroatoms. The van der Waals surface area contributed by atoms with Gasteiger partial charge in [-0.3, -0.25) is 9.97 Å². The lowest BCUT2D eigenvalue weighted by atomic mass is 9.92. The van der Waals surface area contributed by atoms with Crippen LogP contribution in [0.25, 0.3) is 98.8 Å². The molecule has 0 spiro atoms. The normalized spacial score (nSPS) is 11.8. The third-order valence-electron chi connectivity index (χ3n) is 9.40. The molecule has 0 radical (unpaired) electrons. The van der Waals surface area contributed by atoms with E-state index in [-0.39, 0.29) is 0 Å². The summed E-state index contributed by atoms with van der Waals surface area (Å²) in [5.41, 5.74) is 7.64. The van der Waals surface area contributed by atoms with Gasteiger partial charge in [-0.05, 0) is 51.4 Å². The maximum Gasteiger partial charge on any atom is 0.159 e. The number of aromatic nitrogens is 5. The van der Waals surface area contributed by atoms with Crippen LogP contribution in [0, 0.1) is 0 Å². The molecule has 0 amide bonds. The van der Waals surface area contributed by atoms with Crippen molar-refractivity contribution in [3.8, 4) is 33.8 Å². The van der Waals surface area contributed by atoms with E-state index in [0.29, 0.717) is 5.82 Å². The molecule has 222 valence electrons. The van der Waals surface area contributed by atoms with Crippen LogP contribution in [0.5, 0.6) is 0 Å². The van der Waals surface area contributed by atoms with Crippen molar-refractivity contribution in [2.24, 2.45) is 0 Å². The second-order valence-electron chi connectivity index (χ2n) is 12.1. The molecule has 4 aromatic heterocycles. The second-order valence-corrected chi connectivity index (χ2v) is 12.1. The Kier molecular flexibility index (Phi) is 5.81. The van der Waals surface area contributed by atoms with Gasteiger partial charge in [-0.15, -0.1) is 0 Å². The zero-order valence-electron chi connectivity index (χ0n) is 25.7. The lowest BCUT2D eigenvalue weighted by molar-refractivity contribution is 1.18. The minimum atomic E-state index is 0.659. The van der Waals surface area contributed by atoms with Gasteiger partial charge < -0.3 is 0 Å². The van der Waals surface area contributed by atoms with Crippen LogP contribution in [-0.4, -0.2) is 24.9 Å². The fourth-order valence-corrected chi connectivity index (χ4v) is 7.25. The van der Waals surface area contributed by atoms with Gasteiger partial charge in [0.15, 0.2) is 5.82 Å². The monoisotopic (exact) mass is 611 g/mol. The Balaban J connectivity index is 1.13. The van der Waals surface area contributed by atoms with E-state index >= 15 is 0 Å². The summed E-state index contributed by atoms with van der Waals surface area (Å²) in [4.78, 5) is 24.4. The first-order chi connectivity index (χ1) is 23.8. The molecule has 10 rings (SSSR count). The highest BCUT2D eigenvalue weighted by Crippen LogP contribution is 2.41. The maximum atomic E-state index is 5.44. The average Bonchev–Trinajstić information content (AvgIpc) is 3.17. The number of rotatable bonds is 3. The van der Waals surface area contributed by atoms with Gasteiger partial charge in [-0.25, -0.2) is 15.0 Å². The molecule has 10 aromatic rings. The molecule has 0 atom stereocenters. The molecule has 48 heavy (non-hydrogen) atoms. The van der Waals surface area contributed by atoms with Crippen LogP contribution in [0.2, 0.25) is 0 Å². The van der Waals surface area contributed by atoms with Gasteiger partial charge in [0.1, 0.15) is 0 Å². The molecule has 6 aromatic carbocycles. The molecule has 0 aliphatic heterocycles. The number of nitrogens with zero attached hydrogens (tertiary/aromatic N) is 5. The van der Waals surface area contributed by atoms with E-state index in [9.17, 15) is 0 Å². The molecular formula is C43H25N5. The third-order valence-corrected chi connectivity index (χ3v) is 9.40. The molecular weight excluding hydrogens is 587 g/mol. The summed E-state index contributed by atoms with van der Waals surface area (Å²) in [5.74, 6) is 0.659. The van der Waals surface area contributed by atoms with Gasteiger partial charge in [0.25, 0.3) is 0 Å². The Labute approximate surface area is 275 Å². The Morgan fingerprint density at radius 3 is 1.77 bits per heavy atom. The summed E-state index contributed by atoms with van der Waals surface area (Å²) in [6.45, 7) is 0. The summed E-state index contributed by atoms with van der Waals surface area (Å²) in [7, 11) is 0. The Bertz CT molecular complexity index is 2900. The molecule has 0 fully saturated rings. The Hall–Kier alpha value is -6.59. The fraction of sp³-hybridized carbons (Fsp3) is 0. The molecule has 0 saturated heterocycles. The van der Waals surface area contributed by atoms with E-state index < -0.39 is 0 Å². The predicted octanol–water partition coefficient (Wildman–Crippen LogP) is 10.6. The largest absolute Gasteiger partial charge is 0.254 e. The summed E-state index contributed by atoms with van der Waals surface area (Å²) in [6, 6.07) is 44.5. The lowest BCUT2D eigenvalue weighted by Gasteiger charge is -2.15. The zero-order valence-corrected chi connectivity index (χ0v) is 25.7. The van der Waals surface area contributed by atoms with Gasteiger partial charge in [0.05, 0.1) is 22.2 Å². The van der Waals surface area contributed by atoms with Gasteiger partial charge in [0.2, 0.25) is 0 Å². The molecule has 0 unspecified atom stereocenters. The van der Waals surface area contributed by atoms with Crippen LogP contribution in [0.1, 0.15) is 0 Å². The first-order valence-corrected chi connectivity index (χ1v) is 16.0. The standard InChI is InChI=1S/C43H25N5/c1-3-15-32-30(13-1)31-14-2-5-17-34(31)41-38(32)33-16-4-6-18-35(33)39(48-41)26-10-7-11-28(22-26)43-46-24-29(25-47-43)37-23-27-12-8-20-44-40(27)42-36(37)19-9-21-45-42/h1-25H. The number of hydrogen-bond acceptors (Lipinski definition) is 5. The van der Waals surface area contributed by atoms with Crippen molar-refractivity contribution in [2.45, 2.75) is 0 Å². The van der Waals surface area contributed by atoms with Crippen molar-refractivity contribution in [1.29, 1.82) is 0 Å². The van der Waals surface area contributed by atoms with Crippen LogP contribution in [0.15, 0.2) is 152 Å². The first-order valence-electron chi connectivity index (χ1n) is 16.0. The van der Waals surface area contributed by atoms with E-state index in [4.69, 9.17) is 15.0 Å². The third kappa shape index (κ3) is 4.01. The van der Waals surface area contributed by atoms with Gasteiger partial charge in [-0.1, -0.05) is 103 Å². The predicted molar refractivity (Wildman–Crippen MR) is 197 cm³/mol. The second kappa shape index (κ2) is 10.5. The van der Waals surface area contributed by atoms with Crippen molar-refractivity contribution in [1.82, 2.24) is 24.9 Å². The Morgan fingerprint density at radius 1 is 0.375 bits per heavy atom. The van der Waals surface area contributed by atoms with E-state index in [1.807, 2.05) is 36.9 Å². The van der Waals surface area contributed by atoms with Crippen molar-refractivity contribution < 1.29 is 0 Å². The van der Waals surface area contributed by atoms with E-state index in [1.54, 1.807) is 0 Å². The van der Waals surface area contributed by atoms with E-state index in [1.165, 1.54) is 26.9 Å². The van der Waals surface area contributed by atoms with Gasteiger partial charge >= 0.3 is 0 Å². The number of fused-ring (bicyclic) bond motifs is 11. The molecule has 0 saturated carbocycles. The minimum Gasteiger partial charge on any atom is -0.254 e. The average molecular weight is 612 g/mol. The fourth-order valence-electron chi connectivity index (χ4n) is 7.25. The van der Waals surface area contributed by atoms with E-state index in [2.05, 4.69) is 125 Å². The molecule has 4 heterocycles. The maximum absolute atomic E-state index is 5.44. The molecule has 0 N–H and O–H groups in total. The SMILES string of the molecule is c1cc(-c2ncc(-c3cc4cccnc4c4ncccc34)cn2)cc(-c2nc3c4ccccc4c4ccccc4c3c3ccccc23)c1. The van der Waals surface area contributed by atoms with Crippen molar-refractivity contribution in [3.63, 3.8) is 0 Å². The highest BCUT2D eigenvalue weighted by Gasteiger charge is 2.17. The van der Waals surface area contributed by atoms with Crippen LogP contribution in [0.4, 0.5) is 0 Å². The van der Waals surface area contributed by atoms with Crippen LogP contribution >= 0.6 is 0 Å². The summed E-state index contributed by atoms with van der Waals surface area (Å²) < 4.78 is 0. The first kappa shape index (κ1) is 26.6. The zero-order chi connectivity index (χ0) is 31.6. The van der Waals surface area contributed by atoms with Crippen molar-refractivity contribution >= 4 is 65.0 Å². The molecule has 0 aliphatic carbocycles.